The molecule has 0 spiro atoms. The van der Waals surface area contributed by atoms with Gasteiger partial charge in [-0.05, 0) is 33.6 Å². The molecule has 0 radical (unpaired) electrons. The van der Waals surface area contributed by atoms with Gasteiger partial charge in [0.1, 0.15) is 11.4 Å². The van der Waals surface area contributed by atoms with Gasteiger partial charge < -0.3 is 10.1 Å². The zero-order valence-electron chi connectivity index (χ0n) is 12.4. The maximum absolute atomic E-state index is 5.47. The van der Waals surface area contributed by atoms with Crippen molar-refractivity contribution < 1.29 is 4.74 Å². The lowest BCUT2D eigenvalue weighted by Crippen LogP contribution is -2.25. The first-order valence-corrected chi connectivity index (χ1v) is 6.63. The van der Waals surface area contributed by atoms with Gasteiger partial charge in [-0.2, -0.15) is 0 Å². The summed E-state index contributed by atoms with van der Waals surface area (Å²) < 4.78 is 5.47. The molecule has 0 amide bonds. The van der Waals surface area contributed by atoms with Gasteiger partial charge in [0, 0.05) is 24.9 Å². The van der Waals surface area contributed by atoms with Crippen LogP contribution in [0.15, 0.2) is 0 Å². The average molecular weight is 251 g/mol. The number of hydrogen-bond acceptors (Lipinski definition) is 4. The van der Waals surface area contributed by atoms with Crippen LogP contribution in [-0.2, 0) is 16.8 Å². The Morgan fingerprint density at radius 3 is 2.39 bits per heavy atom. The first-order chi connectivity index (χ1) is 8.46. The first-order valence-electron chi connectivity index (χ1n) is 6.63. The van der Waals surface area contributed by atoms with Crippen LogP contribution in [0.2, 0.25) is 0 Å². The maximum atomic E-state index is 5.47. The zero-order chi connectivity index (χ0) is 13.8. The Bertz CT molecular complexity index is 402. The van der Waals surface area contributed by atoms with Gasteiger partial charge in [-0.1, -0.05) is 13.8 Å². The summed E-state index contributed by atoms with van der Waals surface area (Å²) in [6, 6.07) is 0. The topological polar surface area (TPSA) is 47.0 Å². The van der Waals surface area contributed by atoms with Crippen molar-refractivity contribution in [2.75, 3.05) is 19.0 Å². The Morgan fingerprint density at radius 2 is 1.89 bits per heavy atom. The molecule has 1 N–H and O–H groups in total. The number of hydrogen-bond donors (Lipinski definition) is 1. The van der Waals surface area contributed by atoms with Crippen molar-refractivity contribution in [2.45, 2.75) is 53.1 Å². The van der Waals surface area contributed by atoms with Gasteiger partial charge in [0.25, 0.3) is 0 Å². The molecule has 0 aliphatic carbocycles. The molecular formula is C14H25N3O. The summed E-state index contributed by atoms with van der Waals surface area (Å²) in [7, 11) is 1.69. The highest BCUT2D eigenvalue weighted by Gasteiger charge is 2.25. The summed E-state index contributed by atoms with van der Waals surface area (Å²) in [6.45, 7) is 11.2. The van der Waals surface area contributed by atoms with E-state index < -0.39 is 5.60 Å². The molecule has 0 saturated carbocycles. The molecule has 0 aliphatic rings. The third-order valence-corrected chi connectivity index (χ3v) is 3.17. The molecule has 1 heterocycles. The quantitative estimate of drug-likeness (QED) is 0.844. The Balaban J connectivity index is 3.21. The van der Waals surface area contributed by atoms with E-state index in [1.165, 1.54) is 0 Å². The maximum Gasteiger partial charge on any atom is 0.162 e. The minimum Gasteiger partial charge on any atom is -0.371 e. The fourth-order valence-corrected chi connectivity index (χ4v) is 1.68. The lowest BCUT2D eigenvalue weighted by Gasteiger charge is -2.23. The molecule has 0 aromatic carbocycles. The number of anilines is 1. The molecule has 4 nitrogen and oxygen atoms in total. The zero-order valence-corrected chi connectivity index (χ0v) is 12.4. The van der Waals surface area contributed by atoms with E-state index >= 15 is 0 Å². The van der Waals surface area contributed by atoms with Gasteiger partial charge in [0.2, 0.25) is 0 Å². The third kappa shape index (κ3) is 3.19. The van der Waals surface area contributed by atoms with E-state index in [2.05, 4.69) is 36.1 Å². The molecule has 102 valence electrons. The highest BCUT2D eigenvalue weighted by atomic mass is 16.5. The molecule has 4 heteroatoms. The normalized spacial score (nSPS) is 11.7. The van der Waals surface area contributed by atoms with E-state index in [9.17, 15) is 0 Å². The predicted molar refractivity (Wildman–Crippen MR) is 75.0 cm³/mol. The standard InChI is InChI=1S/C14H25N3O/c1-7-9-15-12-10(3)11(8-2)16-13(17-12)14(4,5)18-6/h7-9H2,1-6H3,(H,15,16,17). The van der Waals surface area contributed by atoms with Crippen LogP contribution in [0.1, 0.15) is 51.2 Å². The molecule has 0 atom stereocenters. The molecule has 0 unspecified atom stereocenters. The van der Waals surface area contributed by atoms with Gasteiger partial charge in [-0.25, -0.2) is 9.97 Å². The molecular weight excluding hydrogens is 226 g/mol. The van der Waals surface area contributed by atoms with Crippen molar-refractivity contribution in [3.05, 3.63) is 17.1 Å². The fourth-order valence-electron chi connectivity index (χ4n) is 1.68. The fraction of sp³-hybridized carbons (Fsp3) is 0.714. The van der Waals surface area contributed by atoms with E-state index in [4.69, 9.17) is 4.74 Å². The van der Waals surface area contributed by atoms with Crippen molar-refractivity contribution in [1.29, 1.82) is 0 Å². The Hall–Kier alpha value is -1.16. The number of nitrogens with one attached hydrogen (secondary N) is 1. The molecule has 0 fully saturated rings. The SMILES string of the molecule is CCCNc1nc(C(C)(C)OC)nc(CC)c1C. The second kappa shape index (κ2) is 6.14. The Morgan fingerprint density at radius 1 is 1.22 bits per heavy atom. The van der Waals surface area contributed by atoms with Gasteiger partial charge in [0.15, 0.2) is 5.82 Å². The summed E-state index contributed by atoms with van der Waals surface area (Å²) >= 11 is 0. The third-order valence-electron chi connectivity index (χ3n) is 3.17. The van der Waals surface area contributed by atoms with Crippen molar-refractivity contribution in [3.8, 4) is 0 Å². The van der Waals surface area contributed by atoms with Crippen molar-refractivity contribution in [3.63, 3.8) is 0 Å². The van der Waals surface area contributed by atoms with Gasteiger partial charge in [0.05, 0.1) is 0 Å². The van der Waals surface area contributed by atoms with Crippen LogP contribution < -0.4 is 5.32 Å². The lowest BCUT2D eigenvalue weighted by atomic mass is 10.1. The summed E-state index contributed by atoms with van der Waals surface area (Å²) in [5.74, 6) is 1.68. The number of aryl methyl sites for hydroxylation is 1. The van der Waals surface area contributed by atoms with Crippen molar-refractivity contribution >= 4 is 5.82 Å². The molecule has 1 rings (SSSR count). The van der Waals surface area contributed by atoms with E-state index in [-0.39, 0.29) is 0 Å². The molecule has 18 heavy (non-hydrogen) atoms. The van der Waals surface area contributed by atoms with E-state index in [0.29, 0.717) is 0 Å². The van der Waals surface area contributed by atoms with Crippen LogP contribution in [0.4, 0.5) is 5.82 Å². The average Bonchev–Trinajstić information content (AvgIpc) is 2.37. The molecule has 0 saturated heterocycles. The second-order valence-electron chi connectivity index (χ2n) is 4.96. The number of methoxy groups -OCH3 is 1. The summed E-state index contributed by atoms with van der Waals surface area (Å²) in [5.41, 5.74) is 1.77. The van der Waals surface area contributed by atoms with Crippen LogP contribution in [-0.4, -0.2) is 23.6 Å². The van der Waals surface area contributed by atoms with Gasteiger partial charge >= 0.3 is 0 Å². The van der Waals surface area contributed by atoms with Gasteiger partial charge in [-0.15, -0.1) is 0 Å². The first kappa shape index (κ1) is 14.9. The predicted octanol–water partition coefficient (Wildman–Crippen LogP) is 3.05. The van der Waals surface area contributed by atoms with Crippen molar-refractivity contribution in [1.82, 2.24) is 9.97 Å². The molecule has 0 aliphatic heterocycles. The lowest BCUT2D eigenvalue weighted by molar-refractivity contribution is 0.0114. The monoisotopic (exact) mass is 251 g/mol. The van der Waals surface area contributed by atoms with Crippen LogP contribution >= 0.6 is 0 Å². The molecule has 1 aromatic heterocycles. The van der Waals surface area contributed by atoms with Crippen molar-refractivity contribution in [2.24, 2.45) is 0 Å². The molecule has 0 bridgehead atoms. The number of nitrogens with zero attached hydrogens (tertiary/aromatic N) is 2. The summed E-state index contributed by atoms with van der Waals surface area (Å²) in [6.07, 6.45) is 1.98. The Kier molecular flexibility index (Phi) is 5.08. The highest BCUT2D eigenvalue weighted by Crippen LogP contribution is 2.24. The number of rotatable bonds is 6. The van der Waals surface area contributed by atoms with Crippen LogP contribution in [0.3, 0.4) is 0 Å². The van der Waals surface area contributed by atoms with Gasteiger partial charge in [-0.3, -0.25) is 0 Å². The largest absolute Gasteiger partial charge is 0.371 e. The van der Waals surface area contributed by atoms with E-state index in [1.54, 1.807) is 7.11 Å². The second-order valence-corrected chi connectivity index (χ2v) is 4.96. The number of aromatic nitrogens is 2. The minimum absolute atomic E-state index is 0.458. The molecule has 1 aromatic rings. The van der Waals surface area contributed by atoms with Crippen LogP contribution in [0.5, 0.6) is 0 Å². The van der Waals surface area contributed by atoms with E-state index in [0.717, 1.165) is 42.3 Å². The smallest absolute Gasteiger partial charge is 0.162 e. The van der Waals surface area contributed by atoms with E-state index in [1.807, 2.05) is 13.8 Å². The Labute approximate surface area is 110 Å². The van der Waals surface area contributed by atoms with Crippen LogP contribution in [0.25, 0.3) is 0 Å². The summed E-state index contributed by atoms with van der Waals surface area (Å²) in [4.78, 5) is 9.24. The number of ether oxygens (including phenoxy) is 1. The minimum atomic E-state index is -0.458. The highest BCUT2D eigenvalue weighted by molar-refractivity contribution is 5.46. The van der Waals surface area contributed by atoms with Crippen LogP contribution in [0, 0.1) is 6.92 Å². The summed E-state index contributed by atoms with van der Waals surface area (Å²) in [5, 5.41) is 3.37.